The van der Waals surface area contributed by atoms with Gasteiger partial charge in [-0.3, -0.25) is 4.79 Å². The fourth-order valence-electron chi connectivity index (χ4n) is 2.79. The average Bonchev–Trinajstić information content (AvgIpc) is 2.69. The molecule has 2 rings (SSSR count). The number of aliphatic hydroxyl groups excluding tert-OH is 1. The number of benzene rings is 1. The molecule has 6 heteroatoms. The number of allylic oxidation sites excluding steroid dienone is 1. The van der Waals surface area contributed by atoms with Crippen LogP contribution in [0.15, 0.2) is 41.3 Å². The summed E-state index contributed by atoms with van der Waals surface area (Å²) in [5.41, 5.74) is 1.82. The number of thioether (sulfide) groups is 1. The molecule has 140 valence electrons. The van der Waals surface area contributed by atoms with Crippen molar-refractivity contribution in [1.82, 2.24) is 0 Å². The summed E-state index contributed by atoms with van der Waals surface area (Å²) >= 11 is 1.30. The molecule has 0 radical (unpaired) electrons. The van der Waals surface area contributed by atoms with Crippen molar-refractivity contribution in [2.45, 2.75) is 26.2 Å². The molecule has 5 nitrogen and oxygen atoms in total. The summed E-state index contributed by atoms with van der Waals surface area (Å²) in [6, 6.07) is 7.75. The largest absolute Gasteiger partial charge is 0.506 e. The Morgan fingerprint density at radius 3 is 2.38 bits per heavy atom. The molecule has 1 heterocycles. The Labute approximate surface area is 158 Å². The Balaban J connectivity index is 2.13. The molecule has 0 bridgehead atoms. The molecule has 1 saturated heterocycles. The third-order valence-electron chi connectivity index (χ3n) is 4.18. The standard InChI is InChI=1S/C20H25NO4S/c1-3-25-20(24)17(22)11-12-18(26-2)19(23)15-7-9-16(10-8-15)21-13-5-4-6-14-21/h7-12,23H,3-6,13-14H2,1-2H3/b12-11+,19-18+. The van der Waals surface area contributed by atoms with E-state index >= 15 is 0 Å². The first kappa shape index (κ1) is 20.1. The lowest BCUT2D eigenvalue weighted by Gasteiger charge is -2.28. The van der Waals surface area contributed by atoms with Crippen LogP contribution in [-0.2, 0) is 14.3 Å². The summed E-state index contributed by atoms with van der Waals surface area (Å²) in [6.45, 7) is 3.92. The van der Waals surface area contributed by atoms with Crippen LogP contribution in [0.4, 0.5) is 5.69 Å². The number of hydrogen-bond acceptors (Lipinski definition) is 6. The topological polar surface area (TPSA) is 66.8 Å². The molecule has 1 aromatic rings. The number of anilines is 1. The quantitative estimate of drug-likeness (QED) is 0.256. The van der Waals surface area contributed by atoms with E-state index in [4.69, 9.17) is 0 Å². The van der Waals surface area contributed by atoms with Crippen molar-refractivity contribution in [3.63, 3.8) is 0 Å². The number of carbonyl (C=O) groups is 2. The predicted octanol–water partition coefficient (Wildman–Crippen LogP) is 3.95. The minimum atomic E-state index is -0.894. The summed E-state index contributed by atoms with van der Waals surface area (Å²) in [5, 5.41) is 10.5. The molecule has 1 aromatic carbocycles. The normalized spacial score (nSPS) is 15.7. The maximum atomic E-state index is 11.7. The van der Waals surface area contributed by atoms with E-state index in [1.165, 1.54) is 37.1 Å². The van der Waals surface area contributed by atoms with Gasteiger partial charge in [0.25, 0.3) is 5.78 Å². The van der Waals surface area contributed by atoms with Crippen LogP contribution in [0.2, 0.25) is 0 Å². The van der Waals surface area contributed by atoms with E-state index in [9.17, 15) is 14.7 Å². The van der Waals surface area contributed by atoms with Crippen molar-refractivity contribution in [2.75, 3.05) is 30.9 Å². The minimum absolute atomic E-state index is 0.0793. The average molecular weight is 375 g/mol. The van der Waals surface area contributed by atoms with E-state index in [0.29, 0.717) is 10.5 Å². The Morgan fingerprint density at radius 2 is 1.81 bits per heavy atom. The molecular formula is C20H25NO4S. The molecule has 0 atom stereocenters. The molecular weight excluding hydrogens is 350 g/mol. The Kier molecular flexibility index (Phi) is 7.78. The maximum Gasteiger partial charge on any atom is 0.379 e. The fraction of sp³-hybridized carbons (Fsp3) is 0.400. The van der Waals surface area contributed by atoms with E-state index in [2.05, 4.69) is 9.64 Å². The summed E-state index contributed by atoms with van der Waals surface area (Å²) in [5.74, 6) is -1.56. The molecule has 1 aliphatic rings. The lowest BCUT2D eigenvalue weighted by molar-refractivity contribution is -0.151. The van der Waals surface area contributed by atoms with Crippen molar-refractivity contribution >= 4 is 35.0 Å². The van der Waals surface area contributed by atoms with Gasteiger partial charge in [0.05, 0.1) is 6.61 Å². The third kappa shape index (κ3) is 5.39. The van der Waals surface area contributed by atoms with Crippen molar-refractivity contribution in [1.29, 1.82) is 0 Å². The first-order chi connectivity index (χ1) is 12.6. The van der Waals surface area contributed by atoms with Gasteiger partial charge in [-0.15, -0.1) is 11.8 Å². The SMILES string of the molecule is CCOC(=O)C(=O)/C=C/C(SC)=C(\O)c1ccc(N2CCCCC2)cc1. The minimum Gasteiger partial charge on any atom is -0.506 e. The van der Waals surface area contributed by atoms with Crippen LogP contribution in [0.3, 0.4) is 0 Å². The smallest absolute Gasteiger partial charge is 0.379 e. The maximum absolute atomic E-state index is 11.7. The van der Waals surface area contributed by atoms with Crippen LogP contribution in [0, 0.1) is 0 Å². The van der Waals surface area contributed by atoms with Crippen LogP contribution in [-0.4, -0.2) is 42.8 Å². The summed E-state index contributed by atoms with van der Waals surface area (Å²) in [6.07, 6.45) is 8.07. The Morgan fingerprint density at radius 1 is 1.15 bits per heavy atom. The van der Waals surface area contributed by atoms with Gasteiger partial charge in [-0.25, -0.2) is 4.79 Å². The highest BCUT2D eigenvalue weighted by Crippen LogP contribution is 2.27. The van der Waals surface area contributed by atoms with Gasteiger partial charge in [0.1, 0.15) is 5.76 Å². The van der Waals surface area contributed by atoms with Gasteiger partial charge < -0.3 is 14.7 Å². The number of carbonyl (C=O) groups excluding carboxylic acids is 2. The molecule has 1 N–H and O–H groups in total. The lowest BCUT2D eigenvalue weighted by atomic mass is 10.1. The molecule has 0 unspecified atom stereocenters. The van der Waals surface area contributed by atoms with Crippen LogP contribution < -0.4 is 4.90 Å². The number of esters is 1. The van der Waals surface area contributed by atoms with E-state index in [0.717, 1.165) is 24.9 Å². The van der Waals surface area contributed by atoms with Gasteiger partial charge in [-0.1, -0.05) is 0 Å². The van der Waals surface area contributed by atoms with Crippen LogP contribution in [0.25, 0.3) is 5.76 Å². The van der Waals surface area contributed by atoms with Gasteiger partial charge in [0, 0.05) is 29.2 Å². The predicted molar refractivity (Wildman–Crippen MR) is 106 cm³/mol. The molecule has 0 amide bonds. The summed E-state index contributed by atoms with van der Waals surface area (Å²) in [4.78, 5) is 25.9. The molecule has 0 aromatic heterocycles. The van der Waals surface area contributed by atoms with E-state index in [1.807, 2.05) is 24.3 Å². The number of hydrogen-bond donors (Lipinski definition) is 1. The van der Waals surface area contributed by atoms with Crippen molar-refractivity contribution in [3.8, 4) is 0 Å². The highest BCUT2D eigenvalue weighted by Gasteiger charge is 2.13. The van der Waals surface area contributed by atoms with Gasteiger partial charge in [0.15, 0.2) is 0 Å². The first-order valence-corrected chi connectivity index (χ1v) is 10.0. The number of piperidine rings is 1. The Bertz CT molecular complexity index is 688. The first-order valence-electron chi connectivity index (χ1n) is 8.78. The van der Waals surface area contributed by atoms with Crippen molar-refractivity contribution in [2.24, 2.45) is 0 Å². The van der Waals surface area contributed by atoms with Gasteiger partial charge in [-0.05, 0) is 68.9 Å². The second-order valence-electron chi connectivity index (χ2n) is 5.93. The highest BCUT2D eigenvalue weighted by molar-refractivity contribution is 8.02. The molecule has 26 heavy (non-hydrogen) atoms. The molecule has 1 aliphatic heterocycles. The van der Waals surface area contributed by atoms with E-state index in [1.54, 1.807) is 13.2 Å². The zero-order valence-corrected chi connectivity index (χ0v) is 16.1. The number of ether oxygens (including phenoxy) is 1. The van der Waals surface area contributed by atoms with E-state index in [-0.39, 0.29) is 12.4 Å². The summed E-state index contributed by atoms with van der Waals surface area (Å²) in [7, 11) is 0. The lowest BCUT2D eigenvalue weighted by Crippen LogP contribution is -2.29. The summed E-state index contributed by atoms with van der Waals surface area (Å²) < 4.78 is 4.66. The molecule has 0 aliphatic carbocycles. The Hall–Kier alpha value is -2.21. The van der Waals surface area contributed by atoms with Crippen LogP contribution >= 0.6 is 11.8 Å². The zero-order chi connectivity index (χ0) is 18.9. The molecule has 0 spiro atoms. The van der Waals surface area contributed by atoms with Crippen molar-refractivity contribution in [3.05, 3.63) is 46.9 Å². The van der Waals surface area contributed by atoms with Gasteiger partial charge in [-0.2, -0.15) is 0 Å². The third-order valence-corrected chi connectivity index (χ3v) is 4.95. The van der Waals surface area contributed by atoms with Gasteiger partial charge in [0.2, 0.25) is 0 Å². The van der Waals surface area contributed by atoms with Crippen molar-refractivity contribution < 1.29 is 19.4 Å². The van der Waals surface area contributed by atoms with Crippen LogP contribution in [0.5, 0.6) is 0 Å². The second kappa shape index (κ2) is 10.1. The molecule has 1 fully saturated rings. The zero-order valence-electron chi connectivity index (χ0n) is 15.2. The number of aliphatic hydroxyl groups is 1. The van der Waals surface area contributed by atoms with E-state index < -0.39 is 11.8 Å². The van der Waals surface area contributed by atoms with Crippen LogP contribution in [0.1, 0.15) is 31.7 Å². The number of ketones is 1. The monoisotopic (exact) mass is 375 g/mol. The van der Waals surface area contributed by atoms with Gasteiger partial charge >= 0.3 is 5.97 Å². The second-order valence-corrected chi connectivity index (χ2v) is 6.78. The number of rotatable bonds is 7. The fourth-order valence-corrected chi connectivity index (χ4v) is 3.31. The number of nitrogens with zero attached hydrogens (tertiary/aromatic N) is 1. The highest BCUT2D eigenvalue weighted by atomic mass is 32.2. The molecule has 0 saturated carbocycles.